The lowest BCUT2D eigenvalue weighted by atomic mass is 9.78. The minimum Gasteiger partial charge on any atom is -0.457 e. The quantitative estimate of drug-likeness (QED) is 0.153. The lowest BCUT2D eigenvalue weighted by Crippen LogP contribution is -2.31. The third kappa shape index (κ3) is 8.20. The Morgan fingerprint density at radius 2 is 1.12 bits per heavy atom. The van der Waals surface area contributed by atoms with Gasteiger partial charge in [-0.25, -0.2) is 4.98 Å². The molecule has 0 spiro atoms. The van der Waals surface area contributed by atoms with Crippen LogP contribution in [-0.2, 0) is 16.2 Å². The molecule has 5 nitrogen and oxygen atoms in total. The van der Waals surface area contributed by atoms with Gasteiger partial charge in [-0.2, -0.15) is 0 Å². The molecule has 8 aromatic rings. The molecule has 0 fully saturated rings. The van der Waals surface area contributed by atoms with E-state index in [1.165, 1.54) is 50.2 Å². The minimum atomic E-state index is -0.313. The summed E-state index contributed by atoms with van der Waals surface area (Å²) in [7, 11) is 0. The molecule has 2 aromatic heterocycles. The monoisotopic (exact) mass is 842 g/mol. The molecule has 0 atom stereocenters. The fourth-order valence-electron chi connectivity index (χ4n) is 9.05. The largest absolute Gasteiger partial charge is 0.457 e. The van der Waals surface area contributed by atoms with Crippen LogP contribution in [0, 0.1) is 5.41 Å². The highest BCUT2D eigenvalue weighted by molar-refractivity contribution is 6.09. The summed E-state index contributed by atoms with van der Waals surface area (Å²) in [6.07, 6.45) is 4.29. The van der Waals surface area contributed by atoms with E-state index in [0.717, 1.165) is 39.4 Å². The highest BCUT2D eigenvalue weighted by Gasteiger charge is 2.34. The third-order valence-corrected chi connectivity index (χ3v) is 13.0. The number of nitrogens with zero attached hydrogens (tertiary/aromatic N) is 4. The van der Waals surface area contributed by atoms with Crippen molar-refractivity contribution in [2.24, 2.45) is 5.41 Å². The van der Waals surface area contributed by atoms with Crippen LogP contribution in [0.3, 0.4) is 0 Å². The number of rotatable bonds is 8. The van der Waals surface area contributed by atoms with Gasteiger partial charge in [0.15, 0.2) is 0 Å². The molecule has 0 aliphatic carbocycles. The molecule has 0 bridgehead atoms. The predicted molar refractivity (Wildman–Crippen MR) is 270 cm³/mol. The summed E-state index contributed by atoms with van der Waals surface area (Å²) < 4.78 is 9.36. The Hall–Kier alpha value is -6.59. The Balaban J connectivity index is 1.17. The molecule has 324 valence electrons. The first-order valence-electron chi connectivity index (χ1n) is 22.7. The molecule has 1 aliphatic heterocycles. The zero-order valence-electron chi connectivity index (χ0n) is 39.5. The van der Waals surface area contributed by atoms with Crippen LogP contribution >= 0.6 is 0 Å². The van der Waals surface area contributed by atoms with Gasteiger partial charge in [0, 0.05) is 63.2 Å². The van der Waals surface area contributed by atoms with Crippen molar-refractivity contribution in [3.05, 3.63) is 192 Å². The second kappa shape index (κ2) is 15.9. The lowest BCUT2D eigenvalue weighted by molar-refractivity contribution is 0.478. The normalized spacial score (nSPS) is 13.8. The van der Waals surface area contributed by atoms with Gasteiger partial charge in [-0.3, -0.25) is 4.57 Å². The molecule has 3 heterocycles. The first-order valence-corrected chi connectivity index (χ1v) is 22.7. The van der Waals surface area contributed by atoms with E-state index in [1.807, 2.05) is 6.20 Å². The van der Waals surface area contributed by atoms with Crippen molar-refractivity contribution in [2.45, 2.75) is 92.4 Å². The minimum absolute atomic E-state index is 0.0169. The summed E-state index contributed by atoms with van der Waals surface area (Å²) >= 11 is 0. The van der Waals surface area contributed by atoms with Crippen LogP contribution in [0.5, 0.6) is 11.5 Å². The van der Waals surface area contributed by atoms with Gasteiger partial charge in [-0.1, -0.05) is 161 Å². The number of hydrogen-bond acceptors (Lipinski definition) is 4. The Bertz CT molecular complexity index is 3030. The molecular weight excluding hydrogens is 781 g/mol. The molecule has 64 heavy (non-hydrogen) atoms. The number of pyridine rings is 1. The SMILES string of the molecule is CC(C)(C)C1=CN(c2cc(-c3ccccc3)cc(C(C)(C)C)c2)CN1c1cc(Oc2ccc3c4ccccc4n(-c4cc(C(C)(C)C)ccn4)c3c2)cc(C(C)(C)c2ccccc2)c1. The molecule has 0 N–H and O–H groups in total. The van der Waals surface area contributed by atoms with Gasteiger partial charge in [0.25, 0.3) is 0 Å². The molecule has 0 radical (unpaired) electrons. The number of anilines is 2. The maximum atomic E-state index is 7.08. The smallest absolute Gasteiger partial charge is 0.137 e. The van der Waals surface area contributed by atoms with Crippen LogP contribution in [0.1, 0.15) is 98.4 Å². The van der Waals surface area contributed by atoms with Crippen LogP contribution in [0.2, 0.25) is 0 Å². The van der Waals surface area contributed by atoms with Crippen molar-refractivity contribution in [3.8, 4) is 28.4 Å². The summed E-state index contributed by atoms with van der Waals surface area (Å²) in [5.74, 6) is 2.46. The summed E-state index contributed by atoms with van der Waals surface area (Å²) in [4.78, 5) is 9.84. The molecule has 6 aromatic carbocycles. The van der Waals surface area contributed by atoms with Gasteiger partial charge in [-0.15, -0.1) is 0 Å². The van der Waals surface area contributed by atoms with E-state index in [-0.39, 0.29) is 21.7 Å². The molecular formula is C59H62N4O. The molecule has 0 saturated carbocycles. The third-order valence-electron chi connectivity index (χ3n) is 13.0. The van der Waals surface area contributed by atoms with Crippen LogP contribution in [0.15, 0.2) is 170 Å². The average molecular weight is 843 g/mol. The fraction of sp³-hybridized carbons (Fsp3) is 0.271. The maximum absolute atomic E-state index is 7.08. The number of fused-ring (bicyclic) bond motifs is 3. The summed E-state index contributed by atoms with van der Waals surface area (Å²) in [5, 5.41) is 2.35. The molecule has 0 saturated heterocycles. The number of ether oxygens (including phenoxy) is 1. The van der Waals surface area contributed by atoms with E-state index >= 15 is 0 Å². The Kier molecular flexibility index (Phi) is 10.6. The second-order valence-corrected chi connectivity index (χ2v) is 21.2. The zero-order chi connectivity index (χ0) is 45.2. The first kappa shape index (κ1) is 42.7. The van der Waals surface area contributed by atoms with Gasteiger partial charge in [0.05, 0.1) is 17.7 Å². The summed E-state index contributed by atoms with van der Waals surface area (Å²) in [5.41, 5.74) is 12.6. The number of aromatic nitrogens is 2. The van der Waals surface area contributed by atoms with Gasteiger partial charge in [-0.05, 0) is 98.8 Å². The van der Waals surface area contributed by atoms with Crippen LogP contribution in [-0.4, -0.2) is 16.2 Å². The predicted octanol–water partition coefficient (Wildman–Crippen LogP) is 15.7. The van der Waals surface area contributed by atoms with E-state index in [4.69, 9.17) is 9.72 Å². The van der Waals surface area contributed by atoms with Crippen molar-refractivity contribution in [1.29, 1.82) is 0 Å². The summed E-state index contributed by atoms with van der Waals surface area (Å²) in [6, 6.07) is 54.9. The van der Waals surface area contributed by atoms with Gasteiger partial charge >= 0.3 is 0 Å². The van der Waals surface area contributed by atoms with Crippen molar-refractivity contribution in [2.75, 3.05) is 16.5 Å². The van der Waals surface area contributed by atoms with Crippen molar-refractivity contribution < 1.29 is 4.74 Å². The standard InChI is InChI=1S/C59H62N4O/c1-56(2,3)43-28-29-60-55(35-43)63-52-25-19-18-24-50(52)51-27-26-48(37-53(51)63)64-49-34-45(59(10,11)42-22-16-13-17-23-42)33-47(36-49)62-39-61(38-54(62)58(7,8)9)46-31-41(40-20-14-12-15-21-40)30-44(32-46)57(4,5)6/h12-38H,39H2,1-11H3. The van der Waals surface area contributed by atoms with Gasteiger partial charge in [0.2, 0.25) is 0 Å². The van der Waals surface area contributed by atoms with Crippen molar-refractivity contribution in [3.63, 3.8) is 0 Å². The van der Waals surface area contributed by atoms with E-state index in [1.54, 1.807) is 0 Å². The molecule has 0 unspecified atom stereocenters. The van der Waals surface area contributed by atoms with Crippen LogP contribution in [0.25, 0.3) is 38.8 Å². The average Bonchev–Trinajstić information content (AvgIpc) is 3.87. The first-order chi connectivity index (χ1) is 30.3. The molecule has 0 amide bonds. The highest BCUT2D eigenvalue weighted by atomic mass is 16.5. The van der Waals surface area contributed by atoms with Crippen LogP contribution in [0.4, 0.5) is 11.4 Å². The Morgan fingerprint density at radius 1 is 0.469 bits per heavy atom. The summed E-state index contributed by atoms with van der Waals surface area (Å²) in [6.45, 7) is 25.9. The van der Waals surface area contributed by atoms with E-state index in [2.05, 4.69) is 248 Å². The maximum Gasteiger partial charge on any atom is 0.137 e. The van der Waals surface area contributed by atoms with Crippen LogP contribution < -0.4 is 14.5 Å². The second-order valence-electron chi connectivity index (χ2n) is 21.2. The van der Waals surface area contributed by atoms with Crippen molar-refractivity contribution >= 4 is 33.2 Å². The van der Waals surface area contributed by atoms with E-state index in [9.17, 15) is 0 Å². The Morgan fingerprint density at radius 3 is 1.83 bits per heavy atom. The van der Waals surface area contributed by atoms with E-state index in [0.29, 0.717) is 6.67 Å². The topological polar surface area (TPSA) is 33.5 Å². The Labute approximate surface area is 380 Å². The molecule has 1 aliphatic rings. The van der Waals surface area contributed by atoms with Gasteiger partial charge in [0.1, 0.15) is 17.3 Å². The number of hydrogen-bond donors (Lipinski definition) is 0. The fourth-order valence-corrected chi connectivity index (χ4v) is 9.05. The number of benzene rings is 6. The van der Waals surface area contributed by atoms with Crippen molar-refractivity contribution in [1.82, 2.24) is 9.55 Å². The highest BCUT2D eigenvalue weighted by Crippen LogP contribution is 2.45. The number of allylic oxidation sites excluding steroid dienone is 1. The molecule has 9 rings (SSSR count). The van der Waals surface area contributed by atoms with Gasteiger partial charge < -0.3 is 14.5 Å². The number of para-hydroxylation sites is 1. The zero-order valence-corrected chi connectivity index (χ0v) is 39.5. The lowest BCUT2D eigenvalue weighted by Gasteiger charge is -2.33. The molecule has 5 heteroatoms. The van der Waals surface area contributed by atoms with E-state index < -0.39 is 0 Å².